The summed E-state index contributed by atoms with van der Waals surface area (Å²) < 4.78 is 1.62. The van der Waals surface area contributed by atoms with E-state index in [1.54, 1.807) is 4.57 Å². The molecule has 76 valence electrons. The Balaban J connectivity index is 2.53. The standard InChI is InChI=1S/C9H12ClN3O/c1-9(2)4-11-8-12-6(10)3-7(14)13(8)5-9/h3H,4-5H2,1-2H3,(H,11,12). The van der Waals surface area contributed by atoms with E-state index in [9.17, 15) is 4.79 Å². The van der Waals surface area contributed by atoms with Crippen molar-refractivity contribution in [2.24, 2.45) is 5.41 Å². The third kappa shape index (κ3) is 1.62. The molecule has 0 saturated carbocycles. The molecule has 1 aliphatic rings. The lowest BCUT2D eigenvalue weighted by atomic mass is 9.92. The third-order valence-corrected chi connectivity index (χ3v) is 2.48. The smallest absolute Gasteiger partial charge is 0.256 e. The number of rotatable bonds is 0. The Hall–Kier alpha value is -1.03. The molecule has 4 nitrogen and oxygen atoms in total. The van der Waals surface area contributed by atoms with Crippen molar-refractivity contribution in [2.45, 2.75) is 20.4 Å². The Morgan fingerprint density at radius 3 is 3.07 bits per heavy atom. The summed E-state index contributed by atoms with van der Waals surface area (Å²) in [4.78, 5) is 15.6. The normalized spacial score (nSPS) is 18.5. The van der Waals surface area contributed by atoms with E-state index in [-0.39, 0.29) is 16.1 Å². The van der Waals surface area contributed by atoms with Gasteiger partial charge in [-0.1, -0.05) is 25.4 Å². The average Bonchev–Trinajstić information content (AvgIpc) is 2.06. The predicted octanol–water partition coefficient (Wildman–Crippen LogP) is 1.35. The largest absolute Gasteiger partial charge is 0.355 e. The van der Waals surface area contributed by atoms with Crippen molar-refractivity contribution in [1.29, 1.82) is 0 Å². The molecule has 0 amide bonds. The highest BCUT2D eigenvalue weighted by Gasteiger charge is 2.26. The molecule has 0 radical (unpaired) electrons. The fourth-order valence-corrected chi connectivity index (χ4v) is 1.74. The van der Waals surface area contributed by atoms with Gasteiger partial charge in [0.1, 0.15) is 5.15 Å². The molecule has 0 unspecified atom stereocenters. The molecule has 1 aromatic rings. The van der Waals surface area contributed by atoms with E-state index in [1.165, 1.54) is 6.07 Å². The van der Waals surface area contributed by atoms with Crippen LogP contribution < -0.4 is 10.9 Å². The van der Waals surface area contributed by atoms with Gasteiger partial charge in [-0.25, -0.2) is 4.98 Å². The molecule has 0 bridgehead atoms. The van der Waals surface area contributed by atoms with Crippen molar-refractivity contribution in [3.05, 3.63) is 21.6 Å². The molecule has 14 heavy (non-hydrogen) atoms. The maximum Gasteiger partial charge on any atom is 0.256 e. The predicted molar refractivity (Wildman–Crippen MR) is 55.8 cm³/mol. The van der Waals surface area contributed by atoms with Crippen LogP contribution in [0.3, 0.4) is 0 Å². The number of nitrogens with one attached hydrogen (secondary N) is 1. The zero-order chi connectivity index (χ0) is 10.3. The molecule has 1 N–H and O–H groups in total. The lowest BCUT2D eigenvalue weighted by molar-refractivity contribution is 0.302. The maximum atomic E-state index is 11.6. The van der Waals surface area contributed by atoms with Crippen LogP contribution in [-0.4, -0.2) is 16.1 Å². The van der Waals surface area contributed by atoms with Gasteiger partial charge in [-0.3, -0.25) is 9.36 Å². The van der Waals surface area contributed by atoms with Crippen LogP contribution in [-0.2, 0) is 6.54 Å². The number of hydrogen-bond acceptors (Lipinski definition) is 3. The Kier molecular flexibility index (Phi) is 2.03. The maximum absolute atomic E-state index is 11.6. The molecule has 2 heterocycles. The molecule has 0 atom stereocenters. The number of fused-ring (bicyclic) bond motifs is 1. The summed E-state index contributed by atoms with van der Waals surface area (Å²) in [6.45, 7) is 5.69. The van der Waals surface area contributed by atoms with E-state index in [4.69, 9.17) is 11.6 Å². The number of aromatic nitrogens is 2. The van der Waals surface area contributed by atoms with Crippen LogP contribution in [0.25, 0.3) is 0 Å². The van der Waals surface area contributed by atoms with Crippen molar-refractivity contribution in [3.8, 4) is 0 Å². The topological polar surface area (TPSA) is 46.9 Å². The van der Waals surface area contributed by atoms with Gasteiger partial charge in [0.15, 0.2) is 0 Å². The van der Waals surface area contributed by atoms with Gasteiger partial charge in [0.05, 0.1) is 0 Å². The first-order valence-corrected chi connectivity index (χ1v) is 4.87. The number of nitrogens with zero attached hydrogens (tertiary/aromatic N) is 2. The van der Waals surface area contributed by atoms with Gasteiger partial charge < -0.3 is 5.32 Å². The summed E-state index contributed by atoms with van der Waals surface area (Å²) in [6.07, 6.45) is 0. The first-order chi connectivity index (χ1) is 6.48. The van der Waals surface area contributed by atoms with Gasteiger partial charge in [-0.2, -0.15) is 0 Å². The summed E-state index contributed by atoms with van der Waals surface area (Å²) in [5, 5.41) is 3.35. The van der Waals surface area contributed by atoms with E-state index in [0.717, 1.165) is 6.54 Å². The van der Waals surface area contributed by atoms with E-state index in [1.807, 2.05) is 0 Å². The van der Waals surface area contributed by atoms with Crippen molar-refractivity contribution < 1.29 is 0 Å². The van der Waals surface area contributed by atoms with Crippen molar-refractivity contribution in [2.75, 3.05) is 11.9 Å². The summed E-state index contributed by atoms with van der Waals surface area (Å²) in [5.74, 6) is 0.571. The van der Waals surface area contributed by atoms with Gasteiger partial charge in [0, 0.05) is 24.6 Å². The van der Waals surface area contributed by atoms with Gasteiger partial charge in [-0.05, 0) is 0 Å². The fraction of sp³-hybridized carbons (Fsp3) is 0.556. The first kappa shape index (κ1) is 9.52. The molecule has 0 spiro atoms. The van der Waals surface area contributed by atoms with Crippen LogP contribution in [0.4, 0.5) is 5.95 Å². The molecule has 0 aromatic carbocycles. The van der Waals surface area contributed by atoms with E-state index >= 15 is 0 Å². The molecule has 0 fully saturated rings. The number of anilines is 1. The molecule has 1 aliphatic heterocycles. The summed E-state index contributed by atoms with van der Waals surface area (Å²) in [7, 11) is 0. The van der Waals surface area contributed by atoms with E-state index in [2.05, 4.69) is 24.1 Å². The minimum atomic E-state index is -0.0970. The molecule has 0 saturated heterocycles. The van der Waals surface area contributed by atoms with E-state index < -0.39 is 0 Å². The van der Waals surface area contributed by atoms with Crippen LogP contribution in [0.1, 0.15) is 13.8 Å². The fourth-order valence-electron chi connectivity index (χ4n) is 1.57. The minimum absolute atomic E-state index is 0.0757. The van der Waals surface area contributed by atoms with Crippen LogP contribution in [0, 0.1) is 5.41 Å². The highest BCUT2D eigenvalue weighted by atomic mass is 35.5. The minimum Gasteiger partial charge on any atom is -0.355 e. The van der Waals surface area contributed by atoms with Gasteiger partial charge in [0.2, 0.25) is 5.95 Å². The zero-order valence-electron chi connectivity index (χ0n) is 8.17. The Morgan fingerprint density at radius 1 is 1.64 bits per heavy atom. The third-order valence-electron chi connectivity index (χ3n) is 2.29. The highest BCUT2D eigenvalue weighted by Crippen LogP contribution is 2.24. The molecule has 1 aromatic heterocycles. The number of halogens is 1. The zero-order valence-corrected chi connectivity index (χ0v) is 8.93. The lowest BCUT2D eigenvalue weighted by Gasteiger charge is -2.32. The van der Waals surface area contributed by atoms with Crippen molar-refractivity contribution in [1.82, 2.24) is 9.55 Å². The highest BCUT2D eigenvalue weighted by molar-refractivity contribution is 6.29. The quantitative estimate of drug-likeness (QED) is 0.662. The molecule has 2 rings (SSSR count). The van der Waals surface area contributed by atoms with Crippen LogP contribution in [0.2, 0.25) is 5.15 Å². The second-order valence-corrected chi connectivity index (χ2v) is 4.73. The molecular formula is C9H12ClN3O. The van der Waals surface area contributed by atoms with Crippen LogP contribution in [0.5, 0.6) is 0 Å². The van der Waals surface area contributed by atoms with Crippen molar-refractivity contribution in [3.63, 3.8) is 0 Å². The second kappa shape index (κ2) is 2.98. The molecular weight excluding hydrogens is 202 g/mol. The van der Waals surface area contributed by atoms with Gasteiger partial charge in [0.25, 0.3) is 5.56 Å². The lowest BCUT2D eigenvalue weighted by Crippen LogP contribution is -2.40. The van der Waals surface area contributed by atoms with Gasteiger partial charge >= 0.3 is 0 Å². The Bertz CT molecular complexity index is 425. The monoisotopic (exact) mass is 213 g/mol. The molecule has 5 heteroatoms. The Labute approximate surface area is 86.9 Å². The second-order valence-electron chi connectivity index (χ2n) is 4.34. The van der Waals surface area contributed by atoms with Crippen LogP contribution in [0.15, 0.2) is 10.9 Å². The van der Waals surface area contributed by atoms with E-state index in [0.29, 0.717) is 12.5 Å². The van der Waals surface area contributed by atoms with Crippen molar-refractivity contribution >= 4 is 17.5 Å². The summed E-state index contributed by atoms with van der Waals surface area (Å²) >= 11 is 5.69. The first-order valence-electron chi connectivity index (χ1n) is 4.49. The summed E-state index contributed by atoms with van der Waals surface area (Å²) in [5.41, 5.74) is -0.0212. The SMILES string of the molecule is CC1(C)CNc2nc(Cl)cc(=O)n2C1. The Morgan fingerprint density at radius 2 is 2.36 bits per heavy atom. The van der Waals surface area contributed by atoms with Gasteiger partial charge in [-0.15, -0.1) is 0 Å². The van der Waals surface area contributed by atoms with Crippen LogP contribution >= 0.6 is 11.6 Å². The average molecular weight is 214 g/mol. The number of hydrogen-bond donors (Lipinski definition) is 1. The summed E-state index contributed by atoms with van der Waals surface area (Å²) in [6, 6.07) is 1.34. The molecule has 0 aliphatic carbocycles.